The first-order chi connectivity index (χ1) is 11.7. The average Bonchev–Trinajstić information content (AvgIpc) is 2.49. The van der Waals surface area contributed by atoms with Crippen LogP contribution in [-0.2, 0) is 14.8 Å². The highest BCUT2D eigenvalue weighted by molar-refractivity contribution is 7.92. The van der Waals surface area contributed by atoms with Gasteiger partial charge >= 0.3 is 0 Å². The van der Waals surface area contributed by atoms with Crippen LogP contribution in [0.2, 0.25) is 0 Å². The average molecular weight is 360 g/mol. The van der Waals surface area contributed by atoms with Gasteiger partial charge in [0.1, 0.15) is 0 Å². The zero-order valence-electron chi connectivity index (χ0n) is 14.6. The van der Waals surface area contributed by atoms with Crippen LogP contribution < -0.4 is 14.4 Å². The van der Waals surface area contributed by atoms with Gasteiger partial charge in [0.05, 0.1) is 16.3 Å². The fraction of sp³-hybridized carbons (Fsp3) is 0.278. The molecule has 1 aliphatic heterocycles. The van der Waals surface area contributed by atoms with Crippen molar-refractivity contribution in [2.45, 2.75) is 25.7 Å². The molecule has 0 radical (unpaired) electrons. The molecule has 1 heterocycles. The molecule has 25 heavy (non-hydrogen) atoms. The number of nitrogens with zero attached hydrogens (tertiary/aromatic N) is 1. The van der Waals surface area contributed by atoms with Gasteiger partial charge in [0.2, 0.25) is 0 Å². The minimum absolute atomic E-state index is 0.120. The third kappa shape index (κ3) is 3.07. The molecule has 7 heteroatoms. The Kier molecular flexibility index (Phi) is 4.20. The molecular formula is C18H20N2O4S. The number of aryl methyl sites for hydroxylation is 3. The summed E-state index contributed by atoms with van der Waals surface area (Å²) in [5, 5.41) is 0. The Hall–Kier alpha value is -2.54. The van der Waals surface area contributed by atoms with Crippen molar-refractivity contribution < 1.29 is 17.9 Å². The Morgan fingerprint density at radius 3 is 2.40 bits per heavy atom. The number of nitrogens with one attached hydrogen (secondary N) is 1. The Morgan fingerprint density at radius 1 is 1.12 bits per heavy atom. The summed E-state index contributed by atoms with van der Waals surface area (Å²) in [5.41, 5.74) is 3.23. The fourth-order valence-electron chi connectivity index (χ4n) is 3.17. The first kappa shape index (κ1) is 17.3. The highest BCUT2D eigenvalue weighted by atomic mass is 32.2. The second-order valence-corrected chi connectivity index (χ2v) is 7.85. The van der Waals surface area contributed by atoms with E-state index in [0.717, 1.165) is 5.56 Å². The number of likely N-dealkylation sites (N-methyl/N-ethyl adjacent to an activating group) is 1. The summed E-state index contributed by atoms with van der Waals surface area (Å²) in [7, 11) is -2.15. The lowest BCUT2D eigenvalue weighted by molar-refractivity contribution is -0.120. The Morgan fingerprint density at radius 2 is 1.76 bits per heavy atom. The number of rotatable bonds is 3. The van der Waals surface area contributed by atoms with Gasteiger partial charge in [-0.15, -0.1) is 0 Å². The molecule has 0 fully saturated rings. The first-order valence-corrected chi connectivity index (χ1v) is 9.32. The number of hydrogen-bond acceptors (Lipinski definition) is 4. The van der Waals surface area contributed by atoms with Crippen molar-refractivity contribution in [1.82, 2.24) is 0 Å². The second-order valence-electron chi connectivity index (χ2n) is 6.23. The van der Waals surface area contributed by atoms with E-state index < -0.39 is 10.0 Å². The van der Waals surface area contributed by atoms with Gasteiger partial charge in [0.25, 0.3) is 15.9 Å². The molecule has 2 aromatic rings. The van der Waals surface area contributed by atoms with Crippen molar-refractivity contribution in [3.8, 4) is 5.75 Å². The minimum atomic E-state index is -3.79. The van der Waals surface area contributed by atoms with Crippen molar-refractivity contribution >= 4 is 27.3 Å². The summed E-state index contributed by atoms with van der Waals surface area (Å²) in [5.74, 6) is 0.174. The van der Waals surface area contributed by atoms with Crippen LogP contribution in [0, 0.1) is 20.8 Å². The van der Waals surface area contributed by atoms with Crippen molar-refractivity contribution in [3.05, 3.63) is 47.0 Å². The van der Waals surface area contributed by atoms with E-state index in [2.05, 4.69) is 4.72 Å². The summed E-state index contributed by atoms with van der Waals surface area (Å²) in [6, 6.07) is 8.70. The van der Waals surface area contributed by atoms with Crippen molar-refractivity contribution in [2.75, 3.05) is 23.3 Å². The molecule has 6 nitrogen and oxygen atoms in total. The number of benzene rings is 2. The normalized spacial score (nSPS) is 14.1. The van der Waals surface area contributed by atoms with Crippen LogP contribution in [-0.4, -0.2) is 28.0 Å². The Labute approximate surface area is 147 Å². The Balaban J connectivity index is 2.05. The predicted octanol–water partition coefficient (Wildman–Crippen LogP) is 2.77. The lowest BCUT2D eigenvalue weighted by Gasteiger charge is -2.27. The number of anilines is 2. The summed E-state index contributed by atoms with van der Waals surface area (Å²) in [6.07, 6.45) is 0. The maximum absolute atomic E-state index is 12.9. The number of hydrogen-bond donors (Lipinski definition) is 1. The molecule has 0 bridgehead atoms. The largest absolute Gasteiger partial charge is 0.479 e. The molecule has 1 amide bonds. The minimum Gasteiger partial charge on any atom is -0.479 e. The highest BCUT2D eigenvalue weighted by Gasteiger charge is 2.27. The molecule has 0 saturated carbocycles. The Bertz CT molecular complexity index is 944. The van der Waals surface area contributed by atoms with Crippen LogP contribution in [0.1, 0.15) is 16.7 Å². The number of carbonyl (C=O) groups excluding carboxylic acids is 1. The van der Waals surface area contributed by atoms with Crippen LogP contribution in [0.15, 0.2) is 35.2 Å². The number of fused-ring (bicyclic) bond motifs is 1. The number of carbonyl (C=O) groups is 1. The van der Waals surface area contributed by atoms with Crippen LogP contribution in [0.5, 0.6) is 5.75 Å². The van der Waals surface area contributed by atoms with Gasteiger partial charge in [-0.1, -0.05) is 23.8 Å². The molecule has 0 unspecified atom stereocenters. The summed E-state index contributed by atoms with van der Waals surface area (Å²) in [6.45, 7) is 5.36. The van der Waals surface area contributed by atoms with E-state index in [-0.39, 0.29) is 17.4 Å². The molecule has 0 saturated heterocycles. The van der Waals surface area contributed by atoms with Crippen molar-refractivity contribution in [3.63, 3.8) is 0 Å². The third-order valence-corrected chi connectivity index (χ3v) is 5.86. The molecule has 0 spiro atoms. The van der Waals surface area contributed by atoms with Gasteiger partial charge in [-0.2, -0.15) is 0 Å². The SMILES string of the molecule is Cc1cc(C)c(S(=O)(=O)Nc2cccc3c2OCC(=O)N3C)c(C)c1. The molecule has 132 valence electrons. The van der Waals surface area contributed by atoms with E-state index in [9.17, 15) is 13.2 Å². The number of ether oxygens (including phenoxy) is 1. The van der Waals surface area contributed by atoms with Gasteiger partial charge in [0.15, 0.2) is 12.4 Å². The monoisotopic (exact) mass is 360 g/mol. The van der Waals surface area contributed by atoms with E-state index in [4.69, 9.17) is 4.74 Å². The van der Waals surface area contributed by atoms with Crippen LogP contribution in [0.4, 0.5) is 11.4 Å². The van der Waals surface area contributed by atoms with E-state index >= 15 is 0 Å². The predicted molar refractivity (Wildman–Crippen MR) is 96.8 cm³/mol. The van der Waals surface area contributed by atoms with Crippen LogP contribution in [0.25, 0.3) is 0 Å². The van der Waals surface area contributed by atoms with E-state index in [1.807, 2.05) is 19.1 Å². The third-order valence-electron chi connectivity index (χ3n) is 4.19. The molecular weight excluding hydrogens is 340 g/mol. The van der Waals surface area contributed by atoms with Gasteiger partial charge in [-0.05, 0) is 44.0 Å². The van der Waals surface area contributed by atoms with Crippen LogP contribution >= 0.6 is 0 Å². The summed E-state index contributed by atoms with van der Waals surface area (Å²) in [4.78, 5) is 13.5. The van der Waals surface area contributed by atoms with E-state index in [1.165, 1.54) is 4.90 Å². The molecule has 0 aliphatic carbocycles. The molecule has 2 aromatic carbocycles. The molecule has 3 rings (SSSR count). The maximum atomic E-state index is 12.9. The lowest BCUT2D eigenvalue weighted by Crippen LogP contribution is -2.35. The standard InChI is InChI=1S/C18H20N2O4S/c1-11-8-12(2)18(13(3)9-11)25(22,23)19-14-6-5-7-15-17(14)24-10-16(21)20(15)4/h5-9,19H,10H2,1-4H3. The van der Waals surface area contributed by atoms with Gasteiger partial charge in [-0.3, -0.25) is 9.52 Å². The molecule has 0 atom stereocenters. The summed E-state index contributed by atoms with van der Waals surface area (Å²) < 4.78 is 34.0. The van der Waals surface area contributed by atoms with E-state index in [0.29, 0.717) is 28.3 Å². The molecule has 0 aromatic heterocycles. The maximum Gasteiger partial charge on any atom is 0.264 e. The van der Waals surface area contributed by atoms with Gasteiger partial charge in [-0.25, -0.2) is 8.42 Å². The zero-order valence-corrected chi connectivity index (χ0v) is 15.4. The number of amides is 1. The smallest absolute Gasteiger partial charge is 0.264 e. The number of para-hydroxylation sites is 1. The van der Waals surface area contributed by atoms with Gasteiger partial charge in [0, 0.05) is 7.05 Å². The quantitative estimate of drug-likeness (QED) is 0.913. The van der Waals surface area contributed by atoms with E-state index in [1.54, 1.807) is 39.1 Å². The molecule has 1 aliphatic rings. The fourth-order valence-corrected chi connectivity index (χ4v) is 4.69. The zero-order chi connectivity index (χ0) is 18.4. The van der Waals surface area contributed by atoms with Gasteiger partial charge < -0.3 is 9.64 Å². The number of sulfonamides is 1. The van der Waals surface area contributed by atoms with Crippen LogP contribution in [0.3, 0.4) is 0 Å². The second kappa shape index (κ2) is 6.07. The molecule has 1 N–H and O–H groups in total. The van der Waals surface area contributed by atoms with Crippen molar-refractivity contribution in [1.29, 1.82) is 0 Å². The summed E-state index contributed by atoms with van der Waals surface area (Å²) >= 11 is 0. The topological polar surface area (TPSA) is 75.7 Å². The van der Waals surface area contributed by atoms with Crippen molar-refractivity contribution in [2.24, 2.45) is 0 Å². The first-order valence-electron chi connectivity index (χ1n) is 7.84. The lowest BCUT2D eigenvalue weighted by atomic mass is 10.1. The highest BCUT2D eigenvalue weighted by Crippen LogP contribution is 2.39.